The molecule has 6 aromatic carbocycles. The monoisotopic (exact) mass is 1210 g/mol. The number of benzene rings is 6. The molecule has 0 bridgehead atoms. The quantitative estimate of drug-likeness (QED) is 0.0886. The summed E-state index contributed by atoms with van der Waals surface area (Å²) in [6.45, 7) is 0. The molecule has 65 heavy (non-hydrogen) atoms. The van der Waals surface area contributed by atoms with Crippen molar-refractivity contribution < 1.29 is 101 Å². The van der Waals surface area contributed by atoms with Gasteiger partial charge in [0.05, 0.1) is 49.2 Å². The average Bonchev–Trinajstić information content (AvgIpc) is 3.21. The molecule has 0 saturated heterocycles. The zero-order chi connectivity index (χ0) is 48.8. The first-order valence-corrected chi connectivity index (χ1v) is 34.4. The van der Waals surface area contributed by atoms with E-state index in [0.717, 1.165) is 109 Å². The van der Waals surface area contributed by atoms with Gasteiger partial charge in [-0.3, -0.25) is 0 Å². The molecule has 0 fully saturated rings. The summed E-state index contributed by atoms with van der Waals surface area (Å²) in [5.74, 6) is 0. The molecule has 0 unspecified atom stereocenters. The standard InChI is InChI=1S/2C21H12F9P.2ClH.Hg/c2*22-19(23,24)13-4-1-7-16(10-13)31(17-8-2-5-14(11-17)20(25,26)27)18-9-3-6-15(12-18)21(28,29)30;;;/h2*1-12H;2*1H;/q;;;;+2. The third-order valence-electron chi connectivity index (χ3n) is 8.87. The van der Waals surface area contributed by atoms with E-state index in [-0.39, 0.29) is 31.8 Å². The van der Waals surface area contributed by atoms with Crippen molar-refractivity contribution in [3.05, 3.63) is 179 Å². The number of rotatable bonds is 6. The van der Waals surface area contributed by atoms with Gasteiger partial charge in [-0.05, 0) is 109 Å². The summed E-state index contributed by atoms with van der Waals surface area (Å²) in [5, 5.41) is 0.0749. The van der Waals surface area contributed by atoms with Crippen LogP contribution >= 0.6 is 32.3 Å². The predicted molar refractivity (Wildman–Crippen MR) is 215 cm³/mol. The van der Waals surface area contributed by atoms with Gasteiger partial charge in [0.2, 0.25) is 0 Å². The summed E-state index contributed by atoms with van der Waals surface area (Å²) in [6.07, 6.45) is -28.3. The van der Waals surface area contributed by atoms with E-state index in [0.29, 0.717) is 0 Å². The van der Waals surface area contributed by atoms with Crippen LogP contribution in [0.5, 0.6) is 0 Å². The zero-order valence-electron chi connectivity index (χ0n) is 32.1. The van der Waals surface area contributed by atoms with E-state index in [4.69, 9.17) is 16.5 Å². The first kappa shape index (κ1) is 54.0. The van der Waals surface area contributed by atoms with Crippen LogP contribution in [0, 0.1) is 0 Å². The first-order chi connectivity index (χ1) is 29.9. The normalized spacial score (nSPS) is 12.5. The zero-order valence-corrected chi connectivity index (χ0v) is 41.1. The third kappa shape index (κ3) is 15.2. The second kappa shape index (κ2) is 21.6. The van der Waals surface area contributed by atoms with Gasteiger partial charge >= 0.3 is 75.7 Å². The Labute approximate surface area is 379 Å². The van der Waals surface area contributed by atoms with Crippen molar-refractivity contribution in [2.45, 2.75) is 37.1 Å². The molecule has 0 nitrogen and oxygen atoms in total. The van der Waals surface area contributed by atoms with Gasteiger partial charge in [-0.1, -0.05) is 36.4 Å². The molecule has 344 valence electrons. The molecule has 0 amide bonds. The molecule has 0 saturated carbocycles. The number of hydrogen-bond donors (Lipinski definition) is 0. The van der Waals surface area contributed by atoms with Crippen LogP contribution in [0.1, 0.15) is 33.4 Å². The molecule has 0 aliphatic carbocycles. The summed E-state index contributed by atoms with van der Waals surface area (Å²) < 4.78 is 237. The van der Waals surface area contributed by atoms with Crippen molar-refractivity contribution in [2.75, 3.05) is 0 Å². The van der Waals surface area contributed by atoms with E-state index in [1.54, 1.807) is 0 Å². The SMILES string of the molecule is FC(F)(F)c1cccc([PH+](c2cccc(C(F)(F)F)c2)c2cccc(C(F)(F)F)c2)c1.FC(F)(F)c1cccc([PH+](c2cccc(C(F)(F)F)c2)c2cccc(C(F)(F)F)c2)c1.[Cl][Hg][Cl]. The van der Waals surface area contributed by atoms with Crippen LogP contribution < -0.4 is 31.8 Å². The fourth-order valence-corrected chi connectivity index (χ4v) is 11.5. The van der Waals surface area contributed by atoms with E-state index in [9.17, 15) is 79.0 Å². The molecule has 0 aliphatic rings. The molecule has 6 rings (SSSR count). The van der Waals surface area contributed by atoms with Gasteiger partial charge in [0, 0.05) is 0 Å². The molecule has 0 radical (unpaired) electrons. The third-order valence-corrected chi connectivity index (χ3v) is 14.2. The number of hydrogen-bond acceptors (Lipinski definition) is 0. The predicted octanol–water partition coefficient (Wildman–Crippen LogP) is 13.8. The van der Waals surface area contributed by atoms with E-state index in [1.165, 1.54) is 36.4 Å². The maximum atomic E-state index is 13.2. The molecule has 0 N–H and O–H groups in total. The van der Waals surface area contributed by atoms with E-state index >= 15 is 0 Å². The van der Waals surface area contributed by atoms with Crippen LogP contribution in [0.25, 0.3) is 0 Å². The van der Waals surface area contributed by atoms with E-state index in [2.05, 4.69) is 0 Å². The molecular weight excluding hydrogens is 1180 g/mol. The average molecular weight is 1210 g/mol. The molecule has 23 heteroatoms. The van der Waals surface area contributed by atoms with Crippen LogP contribution in [0.4, 0.5) is 79.0 Å². The van der Waals surface area contributed by atoms with Gasteiger partial charge in [-0.25, -0.2) is 0 Å². The topological polar surface area (TPSA) is 0 Å². The fraction of sp³-hybridized carbons (Fsp3) is 0.143. The molecular formula is C42H26Cl2F18HgP2+2. The minimum atomic E-state index is -4.72. The second-order valence-corrected chi connectivity index (χ2v) is 26.2. The number of alkyl halides is 18. The Balaban J connectivity index is 0.000000268. The number of halogens is 20. The van der Waals surface area contributed by atoms with Crippen molar-refractivity contribution in [1.29, 1.82) is 0 Å². The molecule has 0 spiro atoms. The van der Waals surface area contributed by atoms with Crippen LogP contribution in [-0.4, -0.2) is 0 Å². The minimum absolute atomic E-state index is 0.0125. The van der Waals surface area contributed by atoms with Crippen molar-refractivity contribution in [3.63, 3.8) is 0 Å². The summed E-state index contributed by atoms with van der Waals surface area (Å²) in [5.41, 5.74) is -6.21. The Morgan fingerprint density at radius 2 is 0.385 bits per heavy atom. The van der Waals surface area contributed by atoms with Gasteiger partial charge in [0.15, 0.2) is 0 Å². The molecule has 0 aromatic heterocycles. The Morgan fingerprint density at radius 3 is 0.492 bits per heavy atom. The Kier molecular flexibility index (Phi) is 18.0. The van der Waals surface area contributed by atoms with Crippen LogP contribution in [-0.2, 0) is 59.2 Å². The molecule has 6 aromatic rings. The van der Waals surface area contributed by atoms with Gasteiger partial charge in [0.1, 0.15) is 31.8 Å². The Morgan fingerprint density at radius 1 is 0.262 bits per heavy atom. The van der Waals surface area contributed by atoms with E-state index < -0.39 is 108 Å². The first-order valence-electron chi connectivity index (χ1n) is 17.9. The second-order valence-electron chi connectivity index (χ2n) is 13.3. The van der Waals surface area contributed by atoms with Crippen LogP contribution in [0.3, 0.4) is 0 Å². The Bertz CT molecular complexity index is 2070. The van der Waals surface area contributed by atoms with Crippen molar-refractivity contribution >= 4 is 64.2 Å². The van der Waals surface area contributed by atoms with Crippen molar-refractivity contribution in [3.8, 4) is 0 Å². The summed E-state index contributed by atoms with van der Waals surface area (Å²) in [7, 11) is 4.73. The summed E-state index contributed by atoms with van der Waals surface area (Å²) in [6, 6.07) is 23.6. The van der Waals surface area contributed by atoms with Gasteiger partial charge < -0.3 is 0 Å². The van der Waals surface area contributed by atoms with Crippen LogP contribution in [0.2, 0.25) is 0 Å². The van der Waals surface area contributed by atoms with E-state index in [1.807, 2.05) is 0 Å². The van der Waals surface area contributed by atoms with Gasteiger partial charge in [0.25, 0.3) is 0 Å². The van der Waals surface area contributed by atoms with Gasteiger partial charge in [-0.2, -0.15) is 79.0 Å². The van der Waals surface area contributed by atoms with Crippen molar-refractivity contribution in [1.82, 2.24) is 0 Å². The molecule has 0 atom stereocenters. The maximum absolute atomic E-state index is 13.2. The van der Waals surface area contributed by atoms with Gasteiger partial charge in [-0.15, -0.1) is 0 Å². The molecule has 0 aliphatic heterocycles. The summed E-state index contributed by atoms with van der Waals surface area (Å²) in [4.78, 5) is 0. The van der Waals surface area contributed by atoms with Crippen LogP contribution in [0.15, 0.2) is 146 Å². The Hall–Kier alpha value is -3.56. The summed E-state index contributed by atoms with van der Waals surface area (Å²) >= 11 is -1.14. The van der Waals surface area contributed by atoms with Crippen molar-refractivity contribution in [2.24, 2.45) is 0 Å². The molecule has 0 heterocycles. The fourth-order valence-electron chi connectivity index (χ4n) is 6.11.